The number of hydrogen-bond acceptors (Lipinski definition) is 4. The monoisotopic (exact) mass is 293 g/mol. The van der Waals surface area contributed by atoms with E-state index in [2.05, 4.69) is 0 Å². The van der Waals surface area contributed by atoms with Crippen molar-refractivity contribution in [1.29, 1.82) is 5.26 Å². The van der Waals surface area contributed by atoms with Crippen LogP contribution >= 0.6 is 0 Å². The molecular formula is C14H19N3O2S. The molecular weight excluding hydrogens is 274 g/mol. The lowest BCUT2D eigenvalue weighted by Crippen LogP contribution is -2.40. The maximum absolute atomic E-state index is 12.4. The second-order valence-electron chi connectivity index (χ2n) is 5.10. The van der Waals surface area contributed by atoms with Crippen molar-refractivity contribution in [1.82, 2.24) is 4.31 Å². The van der Waals surface area contributed by atoms with Gasteiger partial charge in [-0.1, -0.05) is 18.2 Å². The molecule has 1 heterocycles. The second-order valence-corrected chi connectivity index (χ2v) is 7.07. The molecule has 0 bridgehead atoms. The predicted molar refractivity (Wildman–Crippen MR) is 77.1 cm³/mol. The third-order valence-electron chi connectivity index (χ3n) is 3.78. The van der Waals surface area contributed by atoms with E-state index in [4.69, 9.17) is 11.0 Å². The first kappa shape index (κ1) is 15.0. The zero-order valence-corrected chi connectivity index (χ0v) is 12.1. The summed E-state index contributed by atoms with van der Waals surface area (Å²) in [7, 11) is -3.36. The number of nitrogens with two attached hydrogens (primary N) is 1. The minimum atomic E-state index is -3.36. The molecule has 0 aromatic heterocycles. The molecule has 0 saturated carbocycles. The molecule has 0 radical (unpaired) electrons. The van der Waals surface area contributed by atoms with E-state index in [-0.39, 0.29) is 5.75 Å². The van der Waals surface area contributed by atoms with E-state index in [1.54, 1.807) is 24.3 Å². The highest BCUT2D eigenvalue weighted by molar-refractivity contribution is 7.88. The number of nitrogens with zero attached hydrogens (tertiary/aromatic N) is 2. The van der Waals surface area contributed by atoms with Crippen LogP contribution in [-0.2, 0) is 15.8 Å². The molecule has 2 rings (SSSR count). The molecule has 108 valence electrons. The summed E-state index contributed by atoms with van der Waals surface area (Å²) in [6.45, 7) is 1.67. The molecule has 1 aromatic rings. The Balaban J connectivity index is 2.10. The van der Waals surface area contributed by atoms with Gasteiger partial charge >= 0.3 is 0 Å². The van der Waals surface area contributed by atoms with Crippen LogP contribution in [-0.4, -0.2) is 32.4 Å². The van der Waals surface area contributed by atoms with Crippen LogP contribution in [0.3, 0.4) is 0 Å². The summed E-state index contributed by atoms with van der Waals surface area (Å²) < 4.78 is 26.3. The topological polar surface area (TPSA) is 87.2 Å². The zero-order valence-electron chi connectivity index (χ0n) is 11.3. The SMILES string of the molecule is N#Cc1ccccc1CS(=O)(=O)N1CCC(CN)CC1. The number of rotatable bonds is 4. The van der Waals surface area contributed by atoms with Crippen molar-refractivity contribution >= 4 is 10.0 Å². The van der Waals surface area contributed by atoms with Gasteiger partial charge in [-0.2, -0.15) is 5.26 Å². The Labute approximate surface area is 120 Å². The van der Waals surface area contributed by atoms with Gasteiger partial charge in [-0.05, 0) is 36.9 Å². The molecule has 1 aliphatic heterocycles. The third-order valence-corrected chi connectivity index (χ3v) is 5.60. The standard InChI is InChI=1S/C14H19N3O2S/c15-9-12-5-7-17(8-6-12)20(18,19)11-14-4-2-1-3-13(14)10-16/h1-4,12H,5-9,11,15H2. The van der Waals surface area contributed by atoms with Crippen LogP contribution < -0.4 is 5.73 Å². The van der Waals surface area contributed by atoms with Gasteiger partial charge in [0.25, 0.3) is 0 Å². The van der Waals surface area contributed by atoms with E-state index in [1.165, 1.54) is 4.31 Å². The highest BCUT2D eigenvalue weighted by Crippen LogP contribution is 2.21. The van der Waals surface area contributed by atoms with E-state index >= 15 is 0 Å². The molecule has 20 heavy (non-hydrogen) atoms. The quantitative estimate of drug-likeness (QED) is 0.899. The Hall–Kier alpha value is -1.42. The van der Waals surface area contributed by atoms with Crippen LogP contribution in [0.2, 0.25) is 0 Å². The van der Waals surface area contributed by atoms with E-state index in [9.17, 15) is 8.42 Å². The van der Waals surface area contributed by atoms with Gasteiger partial charge in [0.2, 0.25) is 10.0 Å². The minimum absolute atomic E-state index is 0.107. The first-order valence-corrected chi connectivity index (χ1v) is 8.33. The van der Waals surface area contributed by atoms with Crippen LogP contribution in [0.5, 0.6) is 0 Å². The maximum atomic E-state index is 12.4. The fourth-order valence-electron chi connectivity index (χ4n) is 2.47. The molecule has 1 saturated heterocycles. The average Bonchev–Trinajstić information content (AvgIpc) is 2.47. The van der Waals surface area contributed by atoms with E-state index in [0.29, 0.717) is 36.7 Å². The molecule has 0 spiro atoms. The number of benzene rings is 1. The molecule has 0 atom stereocenters. The molecule has 0 aliphatic carbocycles. The van der Waals surface area contributed by atoms with E-state index in [0.717, 1.165) is 12.8 Å². The lowest BCUT2D eigenvalue weighted by Gasteiger charge is -2.30. The van der Waals surface area contributed by atoms with Gasteiger partial charge in [0, 0.05) is 13.1 Å². The van der Waals surface area contributed by atoms with Crippen molar-refractivity contribution in [3.8, 4) is 6.07 Å². The summed E-state index contributed by atoms with van der Waals surface area (Å²) in [5.74, 6) is 0.317. The van der Waals surface area contributed by atoms with Crippen molar-refractivity contribution < 1.29 is 8.42 Å². The Kier molecular flexibility index (Phi) is 4.76. The average molecular weight is 293 g/mol. The van der Waals surface area contributed by atoms with Crippen LogP contribution in [0.4, 0.5) is 0 Å². The van der Waals surface area contributed by atoms with Crippen LogP contribution in [0.25, 0.3) is 0 Å². The largest absolute Gasteiger partial charge is 0.330 e. The fraction of sp³-hybridized carbons (Fsp3) is 0.500. The molecule has 6 heteroatoms. The molecule has 1 aromatic carbocycles. The molecule has 1 fully saturated rings. The Morgan fingerprint density at radius 1 is 1.30 bits per heavy atom. The minimum Gasteiger partial charge on any atom is -0.330 e. The summed E-state index contributed by atoms with van der Waals surface area (Å²) in [6.07, 6.45) is 1.63. The smallest absolute Gasteiger partial charge is 0.218 e. The van der Waals surface area contributed by atoms with Crippen LogP contribution in [0.15, 0.2) is 24.3 Å². The van der Waals surface area contributed by atoms with Crippen molar-refractivity contribution in [3.63, 3.8) is 0 Å². The Morgan fingerprint density at radius 3 is 2.55 bits per heavy atom. The van der Waals surface area contributed by atoms with Crippen LogP contribution in [0, 0.1) is 17.2 Å². The Morgan fingerprint density at radius 2 is 1.95 bits per heavy atom. The van der Waals surface area contributed by atoms with Crippen LogP contribution in [0.1, 0.15) is 24.0 Å². The van der Waals surface area contributed by atoms with E-state index < -0.39 is 10.0 Å². The van der Waals surface area contributed by atoms with Crippen molar-refractivity contribution in [2.24, 2.45) is 11.7 Å². The highest BCUT2D eigenvalue weighted by Gasteiger charge is 2.28. The number of nitriles is 1. The zero-order chi connectivity index (χ0) is 14.6. The molecule has 1 aliphatic rings. The first-order chi connectivity index (χ1) is 9.56. The molecule has 2 N–H and O–H groups in total. The van der Waals surface area contributed by atoms with Gasteiger partial charge in [-0.3, -0.25) is 0 Å². The summed E-state index contributed by atoms with van der Waals surface area (Å²) >= 11 is 0. The summed E-state index contributed by atoms with van der Waals surface area (Å²) in [5, 5.41) is 9.02. The van der Waals surface area contributed by atoms with Gasteiger partial charge in [0.1, 0.15) is 0 Å². The molecule has 5 nitrogen and oxygen atoms in total. The normalized spacial score (nSPS) is 17.8. The Bertz CT molecular complexity index is 599. The van der Waals surface area contributed by atoms with Gasteiger partial charge in [0.15, 0.2) is 0 Å². The van der Waals surface area contributed by atoms with Gasteiger partial charge < -0.3 is 5.73 Å². The molecule has 0 unspecified atom stereocenters. The summed E-state index contributed by atoms with van der Waals surface area (Å²) in [4.78, 5) is 0. The fourth-order valence-corrected chi connectivity index (χ4v) is 4.06. The van der Waals surface area contributed by atoms with Crippen molar-refractivity contribution in [2.45, 2.75) is 18.6 Å². The lowest BCUT2D eigenvalue weighted by molar-refractivity contribution is 0.278. The van der Waals surface area contributed by atoms with Crippen molar-refractivity contribution in [2.75, 3.05) is 19.6 Å². The number of hydrogen-bond donors (Lipinski definition) is 1. The van der Waals surface area contributed by atoms with Crippen molar-refractivity contribution in [3.05, 3.63) is 35.4 Å². The van der Waals surface area contributed by atoms with E-state index in [1.807, 2.05) is 6.07 Å². The predicted octanol–water partition coefficient (Wildman–Crippen LogP) is 1.06. The summed E-state index contributed by atoms with van der Waals surface area (Å²) in [6, 6.07) is 8.87. The first-order valence-electron chi connectivity index (χ1n) is 6.72. The van der Waals surface area contributed by atoms with Gasteiger partial charge in [-0.15, -0.1) is 0 Å². The summed E-state index contributed by atoms with van der Waals surface area (Å²) in [5.41, 5.74) is 6.60. The highest BCUT2D eigenvalue weighted by atomic mass is 32.2. The maximum Gasteiger partial charge on any atom is 0.218 e. The number of sulfonamides is 1. The third kappa shape index (κ3) is 3.37. The van der Waals surface area contributed by atoms with Gasteiger partial charge in [-0.25, -0.2) is 12.7 Å². The molecule has 0 amide bonds. The number of piperidine rings is 1. The van der Waals surface area contributed by atoms with Gasteiger partial charge in [0.05, 0.1) is 17.4 Å². The second kappa shape index (κ2) is 6.35. The lowest BCUT2D eigenvalue weighted by atomic mass is 9.99.